The number of guanidine groups is 1. The molecule has 0 spiro atoms. The first-order chi connectivity index (χ1) is 13.8. The van der Waals surface area contributed by atoms with Gasteiger partial charge in [-0.05, 0) is 24.0 Å². The summed E-state index contributed by atoms with van der Waals surface area (Å²) in [7, 11) is 1.79. The number of aliphatic hydroxyl groups is 1. The van der Waals surface area contributed by atoms with Crippen molar-refractivity contribution >= 4 is 5.96 Å². The van der Waals surface area contributed by atoms with Gasteiger partial charge in [0.1, 0.15) is 0 Å². The lowest BCUT2D eigenvalue weighted by Crippen LogP contribution is -2.45. The van der Waals surface area contributed by atoms with Crippen LogP contribution < -0.4 is 10.6 Å². The fourth-order valence-electron chi connectivity index (χ4n) is 3.80. The molecular weight excluding hydrogens is 350 g/mol. The van der Waals surface area contributed by atoms with Crippen molar-refractivity contribution in [2.45, 2.75) is 18.8 Å². The molecule has 2 aromatic carbocycles. The average molecular weight is 382 g/mol. The van der Waals surface area contributed by atoms with Gasteiger partial charge in [0.15, 0.2) is 5.96 Å². The highest BCUT2D eigenvalue weighted by molar-refractivity contribution is 5.79. The Hall–Kier alpha value is -2.37. The highest BCUT2D eigenvalue weighted by Crippen LogP contribution is 2.31. The number of aliphatic hydroxyl groups excluding tert-OH is 1. The predicted octanol–water partition coefficient (Wildman–Crippen LogP) is 2.77. The maximum absolute atomic E-state index is 9.41. The van der Waals surface area contributed by atoms with E-state index >= 15 is 0 Å². The summed E-state index contributed by atoms with van der Waals surface area (Å²) < 4.78 is 5.58. The molecule has 1 fully saturated rings. The van der Waals surface area contributed by atoms with Crippen molar-refractivity contribution in [3.63, 3.8) is 0 Å². The molecule has 0 aliphatic carbocycles. The van der Waals surface area contributed by atoms with Crippen LogP contribution in [0.2, 0.25) is 0 Å². The Kier molecular flexibility index (Phi) is 7.46. The molecule has 0 radical (unpaired) electrons. The second-order valence-corrected chi connectivity index (χ2v) is 7.46. The summed E-state index contributed by atoms with van der Waals surface area (Å²) >= 11 is 0. The van der Waals surface area contributed by atoms with Gasteiger partial charge < -0.3 is 20.5 Å². The molecule has 0 saturated carbocycles. The topological polar surface area (TPSA) is 65.9 Å². The van der Waals surface area contributed by atoms with E-state index in [4.69, 9.17) is 4.74 Å². The minimum absolute atomic E-state index is 0.00929. The molecule has 1 aliphatic heterocycles. The molecule has 0 bridgehead atoms. The van der Waals surface area contributed by atoms with Crippen molar-refractivity contribution in [2.24, 2.45) is 10.4 Å². The molecule has 1 aliphatic rings. The van der Waals surface area contributed by atoms with Crippen LogP contribution in [-0.4, -0.2) is 51.0 Å². The summed E-state index contributed by atoms with van der Waals surface area (Å²) in [5, 5.41) is 16.3. The molecule has 28 heavy (non-hydrogen) atoms. The summed E-state index contributed by atoms with van der Waals surface area (Å²) in [6.45, 7) is 3.12. The molecule has 3 rings (SSSR count). The third-order valence-corrected chi connectivity index (χ3v) is 5.56. The first-order valence-corrected chi connectivity index (χ1v) is 9.99. The number of benzene rings is 2. The Morgan fingerprint density at radius 1 is 1.07 bits per heavy atom. The van der Waals surface area contributed by atoms with Crippen LogP contribution in [-0.2, 0) is 4.74 Å². The molecule has 5 heteroatoms. The quantitative estimate of drug-likeness (QED) is 0.486. The van der Waals surface area contributed by atoms with Crippen LogP contribution in [0.15, 0.2) is 65.7 Å². The maximum Gasteiger partial charge on any atom is 0.191 e. The smallest absolute Gasteiger partial charge is 0.191 e. The zero-order valence-electron chi connectivity index (χ0n) is 16.6. The third-order valence-electron chi connectivity index (χ3n) is 5.56. The third kappa shape index (κ3) is 5.33. The highest BCUT2D eigenvalue weighted by Gasteiger charge is 2.34. The highest BCUT2D eigenvalue weighted by atomic mass is 16.5. The minimum Gasteiger partial charge on any atom is -0.396 e. The number of hydrogen-bond donors (Lipinski definition) is 3. The average Bonchev–Trinajstić information content (AvgIpc) is 3.21. The summed E-state index contributed by atoms with van der Waals surface area (Å²) in [4.78, 5) is 4.39. The molecule has 150 valence electrons. The van der Waals surface area contributed by atoms with E-state index < -0.39 is 0 Å². The zero-order valence-corrected chi connectivity index (χ0v) is 16.6. The first-order valence-electron chi connectivity index (χ1n) is 9.99. The van der Waals surface area contributed by atoms with Gasteiger partial charge in [0.25, 0.3) is 0 Å². The van der Waals surface area contributed by atoms with Crippen LogP contribution in [0.1, 0.15) is 29.9 Å². The number of ether oxygens (including phenoxy) is 1. The van der Waals surface area contributed by atoms with E-state index in [2.05, 4.69) is 64.2 Å². The Balaban J connectivity index is 1.64. The van der Waals surface area contributed by atoms with Gasteiger partial charge in [-0.15, -0.1) is 0 Å². The van der Waals surface area contributed by atoms with Gasteiger partial charge in [0.05, 0.1) is 6.61 Å². The largest absolute Gasteiger partial charge is 0.396 e. The molecule has 3 N–H and O–H groups in total. The number of nitrogens with zero attached hydrogens (tertiary/aromatic N) is 1. The number of aliphatic imine (C=N–C) groups is 1. The standard InChI is InChI=1S/C23H31N3O2/c1-24-22(26-17-23(12-14-27)13-15-28-18-23)25-16-21(19-8-4-2-5-9-19)20-10-6-3-7-11-20/h2-11,21,27H,12-18H2,1H3,(H2,24,25,26). The monoisotopic (exact) mass is 381 g/mol. The van der Waals surface area contributed by atoms with Crippen molar-refractivity contribution in [1.29, 1.82) is 0 Å². The van der Waals surface area contributed by atoms with Gasteiger partial charge in [0, 0.05) is 44.7 Å². The van der Waals surface area contributed by atoms with E-state index in [0.29, 0.717) is 6.61 Å². The van der Waals surface area contributed by atoms with E-state index in [-0.39, 0.29) is 17.9 Å². The van der Waals surface area contributed by atoms with Crippen molar-refractivity contribution in [3.05, 3.63) is 71.8 Å². The van der Waals surface area contributed by atoms with Crippen LogP contribution >= 0.6 is 0 Å². The van der Waals surface area contributed by atoms with Crippen LogP contribution in [0.3, 0.4) is 0 Å². The van der Waals surface area contributed by atoms with Crippen molar-refractivity contribution < 1.29 is 9.84 Å². The van der Waals surface area contributed by atoms with Gasteiger partial charge in [-0.1, -0.05) is 60.7 Å². The number of nitrogens with one attached hydrogen (secondary N) is 2. The first kappa shape index (κ1) is 20.4. The van der Waals surface area contributed by atoms with Crippen molar-refractivity contribution in [3.8, 4) is 0 Å². The molecule has 1 atom stereocenters. The lowest BCUT2D eigenvalue weighted by atomic mass is 9.84. The number of hydrogen-bond acceptors (Lipinski definition) is 3. The molecule has 0 aromatic heterocycles. The van der Waals surface area contributed by atoms with Crippen molar-refractivity contribution in [2.75, 3.05) is 40.0 Å². The van der Waals surface area contributed by atoms with Crippen LogP contribution in [0, 0.1) is 5.41 Å². The van der Waals surface area contributed by atoms with Gasteiger partial charge in [-0.3, -0.25) is 4.99 Å². The summed E-state index contributed by atoms with van der Waals surface area (Å²) in [5.41, 5.74) is 2.54. The fourth-order valence-corrected chi connectivity index (χ4v) is 3.80. The molecule has 0 amide bonds. The molecule has 2 aromatic rings. The summed E-state index contributed by atoms with van der Waals surface area (Å²) in [5.74, 6) is 1.02. The lowest BCUT2D eigenvalue weighted by molar-refractivity contribution is 0.127. The van der Waals surface area contributed by atoms with Gasteiger partial charge in [-0.25, -0.2) is 0 Å². The Labute approximate surface area is 167 Å². The molecule has 5 nitrogen and oxygen atoms in total. The fraction of sp³-hybridized carbons (Fsp3) is 0.435. The van der Waals surface area contributed by atoms with Crippen LogP contribution in [0.5, 0.6) is 0 Å². The lowest BCUT2D eigenvalue weighted by Gasteiger charge is -2.28. The minimum atomic E-state index is -0.00929. The zero-order chi connectivity index (χ0) is 19.7. The number of rotatable bonds is 8. The summed E-state index contributed by atoms with van der Waals surface area (Å²) in [6, 6.07) is 21.1. The molecule has 1 saturated heterocycles. The Bertz CT molecular complexity index is 689. The second-order valence-electron chi connectivity index (χ2n) is 7.46. The molecular formula is C23H31N3O2. The van der Waals surface area contributed by atoms with Crippen LogP contribution in [0.25, 0.3) is 0 Å². The SMILES string of the molecule is CN=C(NCC(c1ccccc1)c1ccccc1)NCC1(CCO)CCOC1. The predicted molar refractivity (Wildman–Crippen MR) is 114 cm³/mol. The van der Waals surface area contributed by atoms with E-state index in [1.807, 2.05) is 12.1 Å². The van der Waals surface area contributed by atoms with Gasteiger partial charge in [0.2, 0.25) is 0 Å². The van der Waals surface area contributed by atoms with E-state index in [1.165, 1.54) is 11.1 Å². The van der Waals surface area contributed by atoms with E-state index in [9.17, 15) is 5.11 Å². The van der Waals surface area contributed by atoms with Gasteiger partial charge >= 0.3 is 0 Å². The van der Waals surface area contributed by atoms with Crippen LogP contribution in [0.4, 0.5) is 0 Å². The Morgan fingerprint density at radius 3 is 2.21 bits per heavy atom. The molecule has 1 heterocycles. The Morgan fingerprint density at radius 2 is 1.71 bits per heavy atom. The van der Waals surface area contributed by atoms with E-state index in [1.54, 1.807) is 7.05 Å². The van der Waals surface area contributed by atoms with E-state index in [0.717, 1.165) is 38.5 Å². The van der Waals surface area contributed by atoms with Crippen molar-refractivity contribution in [1.82, 2.24) is 10.6 Å². The second kappa shape index (κ2) is 10.2. The molecule has 1 unspecified atom stereocenters. The maximum atomic E-state index is 9.41. The van der Waals surface area contributed by atoms with Gasteiger partial charge in [-0.2, -0.15) is 0 Å². The normalized spacial score (nSPS) is 19.8. The summed E-state index contributed by atoms with van der Waals surface area (Å²) in [6.07, 6.45) is 1.71.